The molecule has 1 aliphatic carbocycles. The van der Waals surface area contributed by atoms with E-state index in [1.807, 2.05) is 0 Å². The number of benzene rings is 1. The smallest absolute Gasteiger partial charge is 0.159 e. The maximum atomic E-state index is 12.8. The number of alkyl halides is 1. The average Bonchev–Trinajstić information content (AvgIpc) is 2.48. The lowest BCUT2D eigenvalue weighted by atomic mass is 10.1. The minimum Gasteiger partial charge on any atom is -0.204 e. The number of fused-ring (bicyclic) bond motifs is 1. The van der Waals surface area contributed by atoms with Crippen LogP contribution in [0.5, 0.6) is 0 Å². The standard InChI is InChI=1S/C10H9BrF2/c11-5-6-1-7-3-9(12)10(13)4-8(7)2-6/h3-4,6H,1-2,5H2. The minimum atomic E-state index is -0.728. The van der Waals surface area contributed by atoms with Crippen LogP contribution in [-0.2, 0) is 12.8 Å². The van der Waals surface area contributed by atoms with Gasteiger partial charge in [-0.15, -0.1) is 0 Å². The van der Waals surface area contributed by atoms with E-state index >= 15 is 0 Å². The second-order valence-corrected chi connectivity index (χ2v) is 4.11. The Morgan fingerprint density at radius 1 is 1.15 bits per heavy atom. The van der Waals surface area contributed by atoms with Gasteiger partial charge in [0.05, 0.1) is 0 Å². The molecule has 0 N–H and O–H groups in total. The summed E-state index contributed by atoms with van der Waals surface area (Å²) in [4.78, 5) is 0. The van der Waals surface area contributed by atoms with Crippen molar-refractivity contribution in [2.75, 3.05) is 5.33 Å². The molecule has 0 heterocycles. The third-order valence-corrected chi connectivity index (χ3v) is 3.39. The van der Waals surface area contributed by atoms with Gasteiger partial charge >= 0.3 is 0 Å². The maximum Gasteiger partial charge on any atom is 0.159 e. The lowest BCUT2D eigenvalue weighted by Crippen LogP contribution is -1.99. The molecular weight excluding hydrogens is 238 g/mol. The Morgan fingerprint density at radius 3 is 2.00 bits per heavy atom. The molecule has 13 heavy (non-hydrogen) atoms. The van der Waals surface area contributed by atoms with Crippen LogP contribution in [0.2, 0.25) is 0 Å². The van der Waals surface area contributed by atoms with Crippen LogP contribution in [0.1, 0.15) is 11.1 Å². The first-order valence-electron chi connectivity index (χ1n) is 4.23. The SMILES string of the molecule is Fc1cc2c(cc1F)CC(CBr)C2. The fourth-order valence-electron chi connectivity index (χ4n) is 1.81. The van der Waals surface area contributed by atoms with Crippen LogP contribution in [0, 0.1) is 17.6 Å². The summed E-state index contributed by atoms with van der Waals surface area (Å²) >= 11 is 3.38. The molecule has 0 saturated heterocycles. The van der Waals surface area contributed by atoms with Gasteiger partial charge in [-0.05, 0) is 42.0 Å². The monoisotopic (exact) mass is 246 g/mol. The Bertz CT molecular complexity index is 305. The molecule has 70 valence electrons. The van der Waals surface area contributed by atoms with Gasteiger partial charge in [-0.25, -0.2) is 8.78 Å². The summed E-state index contributed by atoms with van der Waals surface area (Å²) in [5.74, 6) is -0.959. The Kier molecular flexibility index (Phi) is 2.37. The van der Waals surface area contributed by atoms with E-state index in [9.17, 15) is 8.78 Å². The van der Waals surface area contributed by atoms with E-state index in [0.717, 1.165) is 29.3 Å². The largest absolute Gasteiger partial charge is 0.204 e. The Balaban J connectivity index is 2.36. The first kappa shape index (κ1) is 9.13. The highest BCUT2D eigenvalue weighted by atomic mass is 79.9. The van der Waals surface area contributed by atoms with Gasteiger partial charge in [0.25, 0.3) is 0 Å². The zero-order valence-corrected chi connectivity index (χ0v) is 8.57. The molecule has 3 heteroatoms. The average molecular weight is 247 g/mol. The Labute approximate surface area is 84.1 Å². The number of hydrogen-bond acceptors (Lipinski definition) is 0. The predicted octanol–water partition coefficient (Wildman–Crippen LogP) is 3.07. The van der Waals surface area contributed by atoms with E-state index in [4.69, 9.17) is 0 Å². The molecule has 2 rings (SSSR count). The van der Waals surface area contributed by atoms with Crippen LogP contribution in [0.3, 0.4) is 0 Å². The molecule has 0 radical (unpaired) electrons. The molecule has 0 nitrogen and oxygen atoms in total. The number of rotatable bonds is 1. The molecule has 1 aromatic rings. The zero-order chi connectivity index (χ0) is 9.42. The Hall–Kier alpha value is -0.440. The predicted molar refractivity (Wildman–Crippen MR) is 51.1 cm³/mol. The molecule has 0 fully saturated rings. The van der Waals surface area contributed by atoms with Gasteiger partial charge in [0, 0.05) is 5.33 Å². The highest BCUT2D eigenvalue weighted by molar-refractivity contribution is 9.09. The molecule has 0 spiro atoms. The van der Waals surface area contributed by atoms with Crippen LogP contribution in [0.15, 0.2) is 12.1 Å². The highest BCUT2D eigenvalue weighted by Gasteiger charge is 2.22. The van der Waals surface area contributed by atoms with Crippen molar-refractivity contribution in [3.8, 4) is 0 Å². The molecule has 1 aliphatic rings. The van der Waals surface area contributed by atoms with Crippen LogP contribution >= 0.6 is 15.9 Å². The fourth-order valence-corrected chi connectivity index (χ4v) is 2.27. The van der Waals surface area contributed by atoms with Crippen molar-refractivity contribution in [3.05, 3.63) is 34.9 Å². The lowest BCUT2D eigenvalue weighted by Gasteiger charge is -1.99. The molecule has 0 unspecified atom stereocenters. The first-order valence-corrected chi connectivity index (χ1v) is 5.35. The summed E-state index contributed by atoms with van der Waals surface area (Å²) in [6, 6.07) is 2.65. The topological polar surface area (TPSA) is 0 Å². The second kappa shape index (κ2) is 3.37. The molecule has 1 aromatic carbocycles. The van der Waals surface area contributed by atoms with Gasteiger partial charge in [-0.2, -0.15) is 0 Å². The van der Waals surface area contributed by atoms with E-state index in [1.165, 1.54) is 12.1 Å². The molecule has 0 bridgehead atoms. The van der Waals surface area contributed by atoms with Gasteiger partial charge in [-0.1, -0.05) is 15.9 Å². The van der Waals surface area contributed by atoms with Crippen LogP contribution < -0.4 is 0 Å². The maximum absolute atomic E-state index is 12.8. The number of halogens is 3. The van der Waals surface area contributed by atoms with Gasteiger partial charge in [-0.3, -0.25) is 0 Å². The summed E-state index contributed by atoms with van der Waals surface area (Å²) < 4.78 is 25.6. The zero-order valence-electron chi connectivity index (χ0n) is 6.99. The van der Waals surface area contributed by atoms with Crippen LogP contribution in [0.4, 0.5) is 8.78 Å². The van der Waals surface area contributed by atoms with E-state index in [1.54, 1.807) is 0 Å². The van der Waals surface area contributed by atoms with Gasteiger partial charge in [0.15, 0.2) is 11.6 Å². The van der Waals surface area contributed by atoms with Gasteiger partial charge in [0.2, 0.25) is 0 Å². The van der Waals surface area contributed by atoms with Crippen molar-refractivity contribution in [1.29, 1.82) is 0 Å². The highest BCUT2D eigenvalue weighted by Crippen LogP contribution is 2.29. The van der Waals surface area contributed by atoms with Crippen molar-refractivity contribution in [2.24, 2.45) is 5.92 Å². The molecule has 0 aromatic heterocycles. The van der Waals surface area contributed by atoms with Crippen molar-refractivity contribution in [3.63, 3.8) is 0 Å². The summed E-state index contributed by atoms with van der Waals surface area (Å²) in [7, 11) is 0. The van der Waals surface area contributed by atoms with Crippen LogP contribution in [-0.4, -0.2) is 5.33 Å². The van der Waals surface area contributed by atoms with E-state index in [-0.39, 0.29) is 0 Å². The van der Waals surface area contributed by atoms with Crippen molar-refractivity contribution in [2.45, 2.75) is 12.8 Å². The van der Waals surface area contributed by atoms with E-state index in [2.05, 4.69) is 15.9 Å². The lowest BCUT2D eigenvalue weighted by molar-refractivity contribution is 0.507. The third kappa shape index (κ3) is 1.62. The number of hydrogen-bond donors (Lipinski definition) is 0. The van der Waals surface area contributed by atoms with Gasteiger partial charge < -0.3 is 0 Å². The molecule has 0 aliphatic heterocycles. The van der Waals surface area contributed by atoms with E-state index < -0.39 is 11.6 Å². The summed E-state index contributed by atoms with van der Waals surface area (Å²) in [6.07, 6.45) is 1.72. The summed E-state index contributed by atoms with van der Waals surface area (Å²) in [6.45, 7) is 0. The molecule has 0 saturated carbocycles. The third-order valence-electron chi connectivity index (χ3n) is 2.48. The van der Waals surface area contributed by atoms with Crippen LogP contribution in [0.25, 0.3) is 0 Å². The molecular formula is C10H9BrF2. The quantitative estimate of drug-likeness (QED) is 0.669. The first-order chi connectivity index (χ1) is 6.20. The van der Waals surface area contributed by atoms with Crippen molar-refractivity contribution in [1.82, 2.24) is 0 Å². The minimum absolute atomic E-state index is 0.496. The molecule has 0 amide bonds. The van der Waals surface area contributed by atoms with E-state index in [0.29, 0.717) is 5.92 Å². The Morgan fingerprint density at radius 2 is 1.62 bits per heavy atom. The van der Waals surface area contributed by atoms with Crippen molar-refractivity contribution < 1.29 is 8.78 Å². The molecule has 0 atom stereocenters. The van der Waals surface area contributed by atoms with Gasteiger partial charge in [0.1, 0.15) is 0 Å². The summed E-state index contributed by atoms with van der Waals surface area (Å²) in [5, 5.41) is 0.894. The second-order valence-electron chi connectivity index (χ2n) is 3.46. The van der Waals surface area contributed by atoms with Crippen molar-refractivity contribution >= 4 is 15.9 Å². The normalized spacial score (nSPS) is 16.2. The summed E-state index contributed by atoms with van der Waals surface area (Å²) in [5.41, 5.74) is 1.92. The fraction of sp³-hybridized carbons (Fsp3) is 0.400.